The second-order valence-electron chi connectivity index (χ2n) is 6.37. The molecule has 0 heterocycles. The highest BCUT2D eigenvalue weighted by Gasteiger charge is 2.29. The molecule has 3 N–H and O–H groups in total. The van der Waals surface area contributed by atoms with Crippen LogP contribution < -0.4 is 15.2 Å². The van der Waals surface area contributed by atoms with Crippen LogP contribution in [-0.4, -0.2) is 31.5 Å². The summed E-state index contributed by atoms with van der Waals surface area (Å²) in [6.45, 7) is 6.21. The smallest absolute Gasteiger partial charge is 0.126 e. The van der Waals surface area contributed by atoms with Crippen molar-refractivity contribution in [2.24, 2.45) is 17.6 Å². The standard InChI is InChI=1S/C19H31NO3/c1-3-22-16-9-10-17(19(11-16)23-4-2)18(12-20)15-7-5-14(13-21)6-8-15/h9-11,14-15,18,21H,3-8,12-13,20H2,1-2H3. The summed E-state index contributed by atoms with van der Waals surface area (Å²) in [5.41, 5.74) is 7.33. The largest absolute Gasteiger partial charge is 0.494 e. The van der Waals surface area contributed by atoms with Crippen molar-refractivity contribution in [2.45, 2.75) is 45.4 Å². The number of hydrogen-bond acceptors (Lipinski definition) is 4. The lowest BCUT2D eigenvalue weighted by atomic mass is 9.73. The molecule has 1 fully saturated rings. The molecule has 4 nitrogen and oxygen atoms in total. The van der Waals surface area contributed by atoms with E-state index in [1.54, 1.807) is 0 Å². The van der Waals surface area contributed by atoms with Gasteiger partial charge in [0.1, 0.15) is 11.5 Å². The number of ether oxygens (including phenoxy) is 2. The minimum absolute atomic E-state index is 0.312. The van der Waals surface area contributed by atoms with Crippen LogP contribution in [0.25, 0.3) is 0 Å². The Balaban J connectivity index is 2.19. The number of aliphatic hydroxyl groups is 1. The summed E-state index contributed by atoms with van der Waals surface area (Å²) in [5, 5.41) is 9.33. The van der Waals surface area contributed by atoms with Gasteiger partial charge in [0.2, 0.25) is 0 Å². The molecule has 23 heavy (non-hydrogen) atoms. The van der Waals surface area contributed by atoms with Crippen LogP contribution in [0.1, 0.15) is 51.0 Å². The van der Waals surface area contributed by atoms with Gasteiger partial charge in [0.25, 0.3) is 0 Å². The summed E-state index contributed by atoms with van der Waals surface area (Å²) in [6.07, 6.45) is 4.45. The topological polar surface area (TPSA) is 64.7 Å². The summed E-state index contributed by atoms with van der Waals surface area (Å²) in [6, 6.07) is 6.12. The molecule has 0 spiro atoms. The molecule has 0 bridgehead atoms. The van der Waals surface area contributed by atoms with Crippen molar-refractivity contribution in [3.63, 3.8) is 0 Å². The highest BCUT2D eigenvalue weighted by Crippen LogP contribution is 2.41. The minimum atomic E-state index is 0.312. The zero-order chi connectivity index (χ0) is 16.7. The predicted octanol–water partition coefficient (Wildman–Crippen LogP) is 3.33. The molecular formula is C19H31NO3. The number of hydrogen-bond donors (Lipinski definition) is 2. The van der Waals surface area contributed by atoms with E-state index in [1.807, 2.05) is 26.0 Å². The van der Waals surface area contributed by atoms with E-state index in [4.69, 9.17) is 15.2 Å². The molecule has 0 aliphatic heterocycles. The lowest BCUT2D eigenvalue weighted by Crippen LogP contribution is -2.27. The fourth-order valence-electron chi connectivity index (χ4n) is 3.70. The van der Waals surface area contributed by atoms with Crippen LogP contribution in [0.4, 0.5) is 0 Å². The van der Waals surface area contributed by atoms with Gasteiger partial charge >= 0.3 is 0 Å². The van der Waals surface area contributed by atoms with Crippen molar-refractivity contribution in [2.75, 3.05) is 26.4 Å². The number of benzene rings is 1. The molecule has 4 heteroatoms. The monoisotopic (exact) mass is 321 g/mol. The van der Waals surface area contributed by atoms with Crippen LogP contribution in [0.3, 0.4) is 0 Å². The number of aliphatic hydroxyl groups excluding tert-OH is 1. The van der Waals surface area contributed by atoms with Gasteiger partial charge in [0.05, 0.1) is 13.2 Å². The quantitative estimate of drug-likeness (QED) is 0.771. The summed E-state index contributed by atoms with van der Waals surface area (Å²) in [5.74, 6) is 3.10. The first-order valence-electron chi connectivity index (χ1n) is 8.93. The molecule has 1 unspecified atom stereocenters. The molecule has 1 aliphatic carbocycles. The minimum Gasteiger partial charge on any atom is -0.494 e. The molecule has 0 aromatic heterocycles. The fourth-order valence-corrected chi connectivity index (χ4v) is 3.70. The van der Waals surface area contributed by atoms with E-state index in [1.165, 1.54) is 5.56 Å². The van der Waals surface area contributed by atoms with Crippen molar-refractivity contribution in [3.8, 4) is 11.5 Å². The van der Waals surface area contributed by atoms with Crippen LogP contribution >= 0.6 is 0 Å². The van der Waals surface area contributed by atoms with Gasteiger partial charge in [-0.3, -0.25) is 0 Å². The van der Waals surface area contributed by atoms with E-state index in [0.29, 0.717) is 44.1 Å². The van der Waals surface area contributed by atoms with Gasteiger partial charge in [-0.25, -0.2) is 0 Å². The maximum absolute atomic E-state index is 9.33. The van der Waals surface area contributed by atoms with Gasteiger partial charge < -0.3 is 20.3 Å². The Morgan fingerprint density at radius 2 is 1.83 bits per heavy atom. The molecule has 1 saturated carbocycles. The first kappa shape index (κ1) is 18.1. The molecule has 1 aromatic carbocycles. The Labute approximate surface area is 140 Å². The fraction of sp³-hybridized carbons (Fsp3) is 0.684. The number of nitrogens with two attached hydrogens (primary N) is 1. The predicted molar refractivity (Wildman–Crippen MR) is 93.1 cm³/mol. The normalized spacial score (nSPS) is 22.6. The average molecular weight is 321 g/mol. The van der Waals surface area contributed by atoms with E-state index in [9.17, 15) is 5.11 Å². The van der Waals surface area contributed by atoms with E-state index in [0.717, 1.165) is 37.2 Å². The van der Waals surface area contributed by atoms with Gasteiger partial charge in [-0.15, -0.1) is 0 Å². The van der Waals surface area contributed by atoms with E-state index in [-0.39, 0.29) is 0 Å². The highest BCUT2D eigenvalue weighted by molar-refractivity contribution is 5.43. The third-order valence-corrected chi connectivity index (χ3v) is 4.97. The summed E-state index contributed by atoms with van der Waals surface area (Å²) in [7, 11) is 0. The molecule has 0 saturated heterocycles. The summed E-state index contributed by atoms with van der Waals surface area (Å²) in [4.78, 5) is 0. The Bertz CT molecular complexity index is 470. The van der Waals surface area contributed by atoms with Gasteiger partial charge in [-0.1, -0.05) is 6.07 Å². The third kappa shape index (κ3) is 4.61. The van der Waals surface area contributed by atoms with Crippen molar-refractivity contribution in [1.29, 1.82) is 0 Å². The van der Waals surface area contributed by atoms with Gasteiger partial charge in [0, 0.05) is 18.6 Å². The summed E-state index contributed by atoms with van der Waals surface area (Å²) < 4.78 is 11.5. The third-order valence-electron chi connectivity index (χ3n) is 4.97. The van der Waals surface area contributed by atoms with Crippen molar-refractivity contribution < 1.29 is 14.6 Å². The molecular weight excluding hydrogens is 290 g/mol. The van der Waals surface area contributed by atoms with Gasteiger partial charge in [0.15, 0.2) is 0 Å². The SMILES string of the molecule is CCOc1ccc(C(CN)C2CCC(CO)CC2)c(OCC)c1. The zero-order valence-corrected chi connectivity index (χ0v) is 14.5. The lowest BCUT2D eigenvalue weighted by Gasteiger charge is -2.33. The Morgan fingerprint density at radius 1 is 1.13 bits per heavy atom. The van der Waals surface area contributed by atoms with Crippen molar-refractivity contribution >= 4 is 0 Å². The average Bonchev–Trinajstić information content (AvgIpc) is 2.58. The Hall–Kier alpha value is -1.26. The van der Waals surface area contributed by atoms with Crippen LogP contribution in [-0.2, 0) is 0 Å². The van der Waals surface area contributed by atoms with Crippen LogP contribution in [0.2, 0.25) is 0 Å². The molecule has 1 atom stereocenters. The molecule has 0 radical (unpaired) electrons. The van der Waals surface area contributed by atoms with Crippen molar-refractivity contribution in [3.05, 3.63) is 23.8 Å². The second-order valence-corrected chi connectivity index (χ2v) is 6.37. The molecule has 2 rings (SSSR count). The molecule has 1 aromatic rings. The van der Waals surface area contributed by atoms with Crippen LogP contribution in [0.5, 0.6) is 11.5 Å². The van der Waals surface area contributed by atoms with Crippen LogP contribution in [0, 0.1) is 11.8 Å². The second kappa shape index (κ2) is 9.14. The number of rotatable bonds is 8. The van der Waals surface area contributed by atoms with Crippen LogP contribution in [0.15, 0.2) is 18.2 Å². The maximum atomic E-state index is 9.33. The van der Waals surface area contributed by atoms with E-state index < -0.39 is 0 Å². The van der Waals surface area contributed by atoms with Gasteiger partial charge in [-0.2, -0.15) is 0 Å². The van der Waals surface area contributed by atoms with Gasteiger partial charge in [-0.05, 0) is 69.5 Å². The highest BCUT2D eigenvalue weighted by atomic mass is 16.5. The van der Waals surface area contributed by atoms with E-state index >= 15 is 0 Å². The maximum Gasteiger partial charge on any atom is 0.126 e. The molecule has 0 amide bonds. The lowest BCUT2D eigenvalue weighted by molar-refractivity contribution is 0.157. The first-order valence-corrected chi connectivity index (χ1v) is 8.93. The molecule has 1 aliphatic rings. The van der Waals surface area contributed by atoms with Crippen molar-refractivity contribution in [1.82, 2.24) is 0 Å². The van der Waals surface area contributed by atoms with E-state index in [2.05, 4.69) is 6.07 Å². The Morgan fingerprint density at radius 3 is 2.39 bits per heavy atom. The summed E-state index contributed by atoms with van der Waals surface area (Å²) >= 11 is 0. The Kier molecular flexibility index (Phi) is 7.18. The zero-order valence-electron chi connectivity index (χ0n) is 14.5. The first-order chi connectivity index (χ1) is 11.2. The molecule has 130 valence electrons.